The van der Waals surface area contributed by atoms with Crippen LogP contribution in [0.3, 0.4) is 0 Å². The van der Waals surface area contributed by atoms with Gasteiger partial charge in [-0.05, 0) is 37.8 Å². The maximum atomic E-state index is 6.09. The first-order chi connectivity index (χ1) is 10.2. The largest absolute Gasteiger partial charge is 0.431 e. The van der Waals surface area contributed by atoms with Crippen LogP contribution in [-0.4, -0.2) is 22.4 Å². The average Bonchev–Trinajstić information content (AvgIpc) is 3.05. The van der Waals surface area contributed by atoms with E-state index in [-0.39, 0.29) is 5.60 Å². The van der Waals surface area contributed by atoms with Crippen LogP contribution < -0.4 is 5.73 Å². The minimum Gasteiger partial charge on any atom is -0.431 e. The van der Waals surface area contributed by atoms with Crippen molar-refractivity contribution in [2.75, 3.05) is 12.3 Å². The number of oxazole rings is 1. The van der Waals surface area contributed by atoms with E-state index in [9.17, 15) is 0 Å². The smallest absolute Gasteiger partial charge is 0.257 e. The van der Waals surface area contributed by atoms with Gasteiger partial charge in [-0.3, -0.25) is 0 Å². The van der Waals surface area contributed by atoms with Crippen LogP contribution in [-0.2, 0) is 4.74 Å². The van der Waals surface area contributed by atoms with Crippen molar-refractivity contribution in [1.29, 1.82) is 0 Å². The normalized spacial score (nSPS) is 24.9. The topological polar surface area (TPSA) is 61.3 Å². The van der Waals surface area contributed by atoms with E-state index in [2.05, 4.69) is 4.98 Å². The van der Waals surface area contributed by atoms with Gasteiger partial charge in [0.25, 0.3) is 5.22 Å². The molecular formula is C16H20N2O2S. The number of ether oxygens (including phenoxy) is 1. The van der Waals surface area contributed by atoms with Gasteiger partial charge in [0.2, 0.25) is 0 Å². The number of nitrogen functional groups attached to an aromatic ring is 1. The summed E-state index contributed by atoms with van der Waals surface area (Å²) in [6, 6.07) is 5.62. The summed E-state index contributed by atoms with van der Waals surface area (Å²) in [5.74, 6) is 0. The van der Waals surface area contributed by atoms with Gasteiger partial charge < -0.3 is 14.9 Å². The number of nitrogens with two attached hydrogens (primary N) is 1. The van der Waals surface area contributed by atoms with Crippen LogP contribution in [0.4, 0.5) is 5.69 Å². The molecule has 1 spiro atoms. The molecule has 2 fully saturated rings. The fraction of sp³-hybridized carbons (Fsp3) is 0.562. The highest BCUT2D eigenvalue weighted by molar-refractivity contribution is 7.99. The molecule has 2 aromatic rings. The molecule has 112 valence electrons. The Morgan fingerprint density at radius 1 is 1.29 bits per heavy atom. The monoisotopic (exact) mass is 304 g/mol. The van der Waals surface area contributed by atoms with E-state index >= 15 is 0 Å². The molecule has 1 aromatic carbocycles. The summed E-state index contributed by atoms with van der Waals surface area (Å²) in [5, 5.41) is 1.30. The fourth-order valence-electron chi connectivity index (χ4n) is 3.56. The second-order valence-corrected chi connectivity index (χ2v) is 7.43. The summed E-state index contributed by atoms with van der Waals surface area (Å²) >= 11 is 1.76. The van der Waals surface area contributed by atoms with Crippen molar-refractivity contribution >= 4 is 28.5 Å². The molecule has 2 heterocycles. The molecule has 1 saturated heterocycles. The summed E-state index contributed by atoms with van der Waals surface area (Å²) in [4.78, 5) is 4.56. The molecule has 21 heavy (non-hydrogen) atoms. The number of thioether (sulfide) groups is 1. The molecule has 1 aliphatic carbocycles. The van der Waals surface area contributed by atoms with E-state index in [0.717, 1.165) is 35.8 Å². The summed E-state index contributed by atoms with van der Waals surface area (Å²) in [7, 11) is 0. The molecule has 5 heteroatoms. The lowest BCUT2D eigenvalue weighted by Gasteiger charge is -2.37. The first-order valence-electron chi connectivity index (χ1n) is 7.69. The van der Waals surface area contributed by atoms with Crippen molar-refractivity contribution in [2.24, 2.45) is 0 Å². The number of fused-ring (bicyclic) bond motifs is 1. The number of rotatable bonds is 2. The summed E-state index contributed by atoms with van der Waals surface area (Å²) < 4.78 is 11.9. The highest BCUT2D eigenvalue weighted by Crippen LogP contribution is 2.44. The van der Waals surface area contributed by atoms with Crippen molar-refractivity contribution in [3.05, 3.63) is 18.2 Å². The van der Waals surface area contributed by atoms with Crippen LogP contribution in [0.5, 0.6) is 0 Å². The third-order valence-electron chi connectivity index (χ3n) is 4.62. The van der Waals surface area contributed by atoms with Crippen LogP contribution >= 0.6 is 11.8 Å². The van der Waals surface area contributed by atoms with Gasteiger partial charge >= 0.3 is 0 Å². The van der Waals surface area contributed by atoms with Gasteiger partial charge in [-0.1, -0.05) is 24.6 Å². The van der Waals surface area contributed by atoms with Crippen molar-refractivity contribution in [3.63, 3.8) is 0 Å². The fourth-order valence-corrected chi connectivity index (χ4v) is 4.74. The third-order valence-corrected chi connectivity index (χ3v) is 5.73. The Kier molecular flexibility index (Phi) is 3.34. The summed E-state index contributed by atoms with van der Waals surface area (Å²) in [6.45, 7) is 0.866. The lowest BCUT2D eigenvalue weighted by Crippen LogP contribution is -2.38. The third kappa shape index (κ3) is 2.64. The molecule has 0 radical (unpaired) electrons. The van der Waals surface area contributed by atoms with Crippen LogP contribution in [0.1, 0.15) is 38.5 Å². The molecule has 4 rings (SSSR count). The standard InChI is InChI=1S/C16H20N2O2S/c17-11-3-4-13-14(9-11)20-15(18-13)21-12-5-8-19-16(10-12)6-1-2-7-16/h3-4,9,12H,1-2,5-8,10,17H2. The zero-order chi connectivity index (χ0) is 14.3. The molecule has 1 unspecified atom stereocenters. The second kappa shape index (κ2) is 5.21. The van der Waals surface area contributed by atoms with Gasteiger partial charge in [0.1, 0.15) is 5.52 Å². The molecule has 1 atom stereocenters. The Balaban J connectivity index is 1.51. The van der Waals surface area contributed by atoms with Crippen molar-refractivity contribution in [3.8, 4) is 0 Å². The first-order valence-corrected chi connectivity index (χ1v) is 8.57. The Labute approximate surface area is 128 Å². The Morgan fingerprint density at radius 3 is 3.00 bits per heavy atom. The van der Waals surface area contributed by atoms with Crippen molar-refractivity contribution in [2.45, 2.75) is 54.6 Å². The Morgan fingerprint density at radius 2 is 2.14 bits per heavy atom. The molecule has 0 amide bonds. The molecule has 0 bridgehead atoms. The van der Waals surface area contributed by atoms with E-state index in [1.807, 2.05) is 18.2 Å². The Hall–Kier alpha value is -1.20. The van der Waals surface area contributed by atoms with Gasteiger partial charge in [-0.15, -0.1) is 0 Å². The lowest BCUT2D eigenvalue weighted by molar-refractivity contribution is -0.0704. The average molecular weight is 304 g/mol. The van der Waals surface area contributed by atoms with E-state index in [1.54, 1.807) is 11.8 Å². The van der Waals surface area contributed by atoms with Gasteiger partial charge in [-0.25, -0.2) is 4.98 Å². The number of aromatic nitrogens is 1. The quantitative estimate of drug-likeness (QED) is 0.850. The number of hydrogen-bond acceptors (Lipinski definition) is 5. The summed E-state index contributed by atoms with van der Waals surface area (Å²) in [6.07, 6.45) is 7.24. The SMILES string of the molecule is Nc1ccc2nc(SC3CCOC4(CCCC4)C3)oc2c1. The number of anilines is 1. The minimum atomic E-state index is 0.145. The van der Waals surface area contributed by atoms with Crippen molar-refractivity contribution < 1.29 is 9.15 Å². The summed E-state index contributed by atoms with van der Waals surface area (Å²) in [5.41, 5.74) is 8.31. The van der Waals surface area contributed by atoms with Crippen LogP contribution in [0.15, 0.2) is 27.8 Å². The number of hydrogen-bond donors (Lipinski definition) is 1. The number of nitrogens with zero attached hydrogens (tertiary/aromatic N) is 1. The molecular weight excluding hydrogens is 284 g/mol. The van der Waals surface area contributed by atoms with E-state index in [0.29, 0.717) is 10.9 Å². The maximum Gasteiger partial charge on any atom is 0.257 e. The van der Waals surface area contributed by atoms with Gasteiger partial charge in [-0.2, -0.15) is 0 Å². The number of benzene rings is 1. The molecule has 2 N–H and O–H groups in total. The van der Waals surface area contributed by atoms with Gasteiger partial charge in [0.05, 0.1) is 5.60 Å². The van der Waals surface area contributed by atoms with Gasteiger partial charge in [0, 0.05) is 23.6 Å². The van der Waals surface area contributed by atoms with Crippen LogP contribution in [0.2, 0.25) is 0 Å². The first kappa shape index (κ1) is 13.5. The maximum absolute atomic E-state index is 6.09. The van der Waals surface area contributed by atoms with Crippen LogP contribution in [0.25, 0.3) is 11.1 Å². The van der Waals surface area contributed by atoms with E-state index < -0.39 is 0 Å². The zero-order valence-corrected chi connectivity index (χ0v) is 12.8. The van der Waals surface area contributed by atoms with Gasteiger partial charge in [0.15, 0.2) is 5.58 Å². The molecule has 1 aromatic heterocycles. The van der Waals surface area contributed by atoms with Crippen LogP contribution in [0, 0.1) is 0 Å². The minimum absolute atomic E-state index is 0.145. The predicted octanol–water partition coefficient (Wildman–Crippen LogP) is 3.99. The highest BCUT2D eigenvalue weighted by atomic mass is 32.2. The highest BCUT2D eigenvalue weighted by Gasteiger charge is 2.40. The molecule has 1 aliphatic heterocycles. The predicted molar refractivity (Wildman–Crippen MR) is 84.5 cm³/mol. The second-order valence-electron chi connectivity index (χ2n) is 6.18. The zero-order valence-electron chi connectivity index (χ0n) is 12.0. The van der Waals surface area contributed by atoms with E-state index in [4.69, 9.17) is 14.9 Å². The van der Waals surface area contributed by atoms with Crippen molar-refractivity contribution in [1.82, 2.24) is 4.98 Å². The lowest BCUT2D eigenvalue weighted by atomic mass is 9.92. The van der Waals surface area contributed by atoms with E-state index in [1.165, 1.54) is 25.7 Å². The molecule has 4 nitrogen and oxygen atoms in total. The molecule has 1 saturated carbocycles. The molecule has 2 aliphatic rings. The Bertz CT molecular complexity index is 649.